The smallest absolute Gasteiger partial charge is 0.255 e. The third-order valence-corrected chi connectivity index (χ3v) is 5.04. The van der Waals surface area contributed by atoms with Crippen molar-refractivity contribution < 1.29 is 9.53 Å². The maximum Gasteiger partial charge on any atom is 0.255 e. The highest BCUT2D eigenvalue weighted by atomic mass is 16.5. The van der Waals surface area contributed by atoms with E-state index in [1.165, 1.54) is 0 Å². The van der Waals surface area contributed by atoms with Crippen LogP contribution in [-0.4, -0.2) is 33.9 Å². The summed E-state index contributed by atoms with van der Waals surface area (Å²) in [6, 6.07) is 1.90. The van der Waals surface area contributed by atoms with Crippen molar-refractivity contribution in [1.29, 1.82) is 0 Å². The molecular weight excluding hydrogens is 332 g/mol. The average Bonchev–Trinajstić information content (AvgIpc) is 2.95. The van der Waals surface area contributed by atoms with Gasteiger partial charge in [0.1, 0.15) is 0 Å². The van der Waals surface area contributed by atoms with Crippen LogP contribution in [0.15, 0.2) is 17.1 Å². The summed E-state index contributed by atoms with van der Waals surface area (Å²) >= 11 is 0. The maximum absolute atomic E-state index is 12.5. The van der Waals surface area contributed by atoms with Crippen LogP contribution in [0.3, 0.4) is 0 Å². The van der Waals surface area contributed by atoms with Crippen LogP contribution in [0.5, 0.6) is 0 Å². The van der Waals surface area contributed by atoms with E-state index in [1.807, 2.05) is 31.5 Å². The van der Waals surface area contributed by atoms with Crippen LogP contribution in [0.2, 0.25) is 0 Å². The molecule has 140 valence electrons. The molecular formula is C19H26N4O3. The Hall–Kier alpha value is -2.41. The van der Waals surface area contributed by atoms with E-state index in [-0.39, 0.29) is 18.0 Å². The number of amides is 1. The SMILES string of the molecule is Cc1cc(C)c(CNC(=O)c2cnn(CC3CCOCC3)c2C)c(=O)[nH]1. The van der Waals surface area contributed by atoms with Crippen molar-refractivity contribution in [3.8, 4) is 0 Å². The van der Waals surface area contributed by atoms with Gasteiger partial charge in [0.25, 0.3) is 11.5 Å². The molecule has 0 aliphatic carbocycles. The normalized spacial score (nSPS) is 15.2. The zero-order valence-corrected chi connectivity index (χ0v) is 15.6. The van der Waals surface area contributed by atoms with E-state index >= 15 is 0 Å². The van der Waals surface area contributed by atoms with Gasteiger partial charge in [0.2, 0.25) is 0 Å². The molecule has 0 spiro atoms. The van der Waals surface area contributed by atoms with Gasteiger partial charge in [-0.15, -0.1) is 0 Å². The molecule has 1 fully saturated rings. The standard InChI is InChI=1S/C19H26N4O3/c1-12-8-13(2)22-19(25)16(12)9-20-18(24)17-10-21-23(14(17)3)11-15-4-6-26-7-5-15/h8,10,15H,4-7,9,11H2,1-3H3,(H,20,24)(H,22,25). The van der Waals surface area contributed by atoms with Crippen LogP contribution in [0, 0.1) is 26.7 Å². The molecule has 2 aromatic heterocycles. The van der Waals surface area contributed by atoms with Crippen LogP contribution in [0.25, 0.3) is 0 Å². The van der Waals surface area contributed by atoms with Gasteiger partial charge in [-0.2, -0.15) is 5.10 Å². The van der Waals surface area contributed by atoms with E-state index in [9.17, 15) is 9.59 Å². The van der Waals surface area contributed by atoms with Gasteiger partial charge in [-0.05, 0) is 51.2 Å². The quantitative estimate of drug-likeness (QED) is 0.854. The number of nitrogens with zero attached hydrogens (tertiary/aromatic N) is 2. The van der Waals surface area contributed by atoms with Gasteiger partial charge >= 0.3 is 0 Å². The highest BCUT2D eigenvalue weighted by Crippen LogP contribution is 2.18. The molecule has 0 saturated carbocycles. The summed E-state index contributed by atoms with van der Waals surface area (Å²) in [5.41, 5.74) is 3.51. The minimum atomic E-state index is -0.208. The van der Waals surface area contributed by atoms with Gasteiger partial charge < -0.3 is 15.0 Å². The number of nitrogens with one attached hydrogen (secondary N) is 2. The molecule has 3 rings (SSSR count). The zero-order valence-electron chi connectivity index (χ0n) is 15.6. The molecule has 1 aliphatic heterocycles. The monoisotopic (exact) mass is 358 g/mol. The Morgan fingerprint density at radius 2 is 2.08 bits per heavy atom. The maximum atomic E-state index is 12.5. The second-order valence-electron chi connectivity index (χ2n) is 7.01. The largest absolute Gasteiger partial charge is 0.381 e. The van der Waals surface area contributed by atoms with Crippen LogP contribution in [0.1, 0.15) is 45.7 Å². The van der Waals surface area contributed by atoms with Crippen molar-refractivity contribution in [1.82, 2.24) is 20.1 Å². The third kappa shape index (κ3) is 4.04. The number of aryl methyl sites for hydroxylation is 2. The average molecular weight is 358 g/mol. The fraction of sp³-hybridized carbons (Fsp3) is 0.526. The second kappa shape index (κ2) is 7.86. The van der Waals surface area contributed by atoms with Gasteiger partial charge in [0.05, 0.1) is 11.8 Å². The summed E-state index contributed by atoms with van der Waals surface area (Å²) < 4.78 is 7.29. The van der Waals surface area contributed by atoms with E-state index in [0.717, 1.165) is 49.6 Å². The predicted molar refractivity (Wildman–Crippen MR) is 98.2 cm³/mol. The van der Waals surface area contributed by atoms with Crippen molar-refractivity contribution in [2.75, 3.05) is 13.2 Å². The van der Waals surface area contributed by atoms with Gasteiger partial charge in [0, 0.05) is 43.3 Å². The molecule has 1 amide bonds. The summed E-state index contributed by atoms with van der Waals surface area (Å²) in [5.74, 6) is 0.326. The number of pyridine rings is 1. The third-order valence-electron chi connectivity index (χ3n) is 5.04. The molecule has 2 N–H and O–H groups in total. The summed E-state index contributed by atoms with van der Waals surface area (Å²) in [7, 11) is 0. The number of hydrogen-bond donors (Lipinski definition) is 2. The lowest BCUT2D eigenvalue weighted by atomic mass is 10.0. The summed E-state index contributed by atoms with van der Waals surface area (Å²) in [5, 5.41) is 7.22. The van der Waals surface area contributed by atoms with E-state index in [2.05, 4.69) is 15.4 Å². The van der Waals surface area contributed by atoms with Crippen LogP contribution in [0.4, 0.5) is 0 Å². The van der Waals surface area contributed by atoms with E-state index in [1.54, 1.807) is 6.20 Å². The number of rotatable bonds is 5. The second-order valence-corrected chi connectivity index (χ2v) is 7.01. The van der Waals surface area contributed by atoms with E-state index in [4.69, 9.17) is 4.74 Å². The van der Waals surface area contributed by atoms with Gasteiger partial charge in [-0.3, -0.25) is 14.3 Å². The molecule has 0 atom stereocenters. The lowest BCUT2D eigenvalue weighted by molar-refractivity contribution is 0.0599. The van der Waals surface area contributed by atoms with Crippen LogP contribution < -0.4 is 10.9 Å². The van der Waals surface area contributed by atoms with Crippen molar-refractivity contribution in [2.24, 2.45) is 5.92 Å². The molecule has 7 nitrogen and oxygen atoms in total. The summed E-state index contributed by atoms with van der Waals surface area (Å²) in [6.45, 7) is 8.22. The highest BCUT2D eigenvalue weighted by Gasteiger charge is 2.19. The first-order chi connectivity index (χ1) is 12.5. The molecule has 2 aromatic rings. The van der Waals surface area contributed by atoms with Gasteiger partial charge in [-0.25, -0.2) is 0 Å². The highest BCUT2D eigenvalue weighted by molar-refractivity contribution is 5.95. The lowest BCUT2D eigenvalue weighted by Gasteiger charge is -2.22. The lowest BCUT2D eigenvalue weighted by Crippen LogP contribution is -2.28. The molecule has 3 heterocycles. The minimum absolute atomic E-state index is 0.158. The fourth-order valence-corrected chi connectivity index (χ4v) is 3.39. The molecule has 0 unspecified atom stereocenters. The topological polar surface area (TPSA) is 89.0 Å². The molecule has 0 bridgehead atoms. The number of ether oxygens (including phenoxy) is 1. The first-order valence-corrected chi connectivity index (χ1v) is 9.03. The predicted octanol–water partition coefficient (Wildman–Crippen LogP) is 1.85. The van der Waals surface area contributed by atoms with E-state index in [0.29, 0.717) is 17.0 Å². The Bertz CT molecular complexity index is 847. The van der Waals surface area contributed by atoms with Crippen LogP contribution >= 0.6 is 0 Å². The van der Waals surface area contributed by atoms with Crippen molar-refractivity contribution in [2.45, 2.75) is 46.7 Å². The molecule has 0 radical (unpaired) electrons. The number of aromatic amines is 1. The number of aromatic nitrogens is 3. The molecule has 7 heteroatoms. The van der Waals surface area contributed by atoms with E-state index < -0.39 is 0 Å². The Morgan fingerprint density at radius 1 is 1.35 bits per heavy atom. The van der Waals surface area contributed by atoms with Gasteiger partial charge in [-0.1, -0.05) is 0 Å². The molecule has 26 heavy (non-hydrogen) atoms. The number of H-pyrrole nitrogens is 1. The number of carbonyl (C=O) groups excluding carboxylic acids is 1. The minimum Gasteiger partial charge on any atom is -0.381 e. The zero-order chi connectivity index (χ0) is 18.7. The number of carbonyl (C=O) groups is 1. The Kier molecular flexibility index (Phi) is 5.56. The Labute approximate surface area is 152 Å². The van der Waals surface area contributed by atoms with Crippen LogP contribution in [-0.2, 0) is 17.8 Å². The molecule has 1 saturated heterocycles. The Balaban J connectivity index is 1.66. The molecule has 1 aliphatic rings. The fourth-order valence-electron chi connectivity index (χ4n) is 3.39. The first-order valence-electron chi connectivity index (χ1n) is 9.03. The molecule has 0 aromatic carbocycles. The number of hydrogen-bond acceptors (Lipinski definition) is 4. The first kappa shape index (κ1) is 18.4. The van der Waals surface area contributed by atoms with Crippen molar-refractivity contribution in [3.63, 3.8) is 0 Å². The van der Waals surface area contributed by atoms with Gasteiger partial charge in [0.15, 0.2) is 0 Å². The summed E-state index contributed by atoms with van der Waals surface area (Å²) in [6.07, 6.45) is 3.66. The summed E-state index contributed by atoms with van der Waals surface area (Å²) in [4.78, 5) is 27.4. The van der Waals surface area contributed by atoms with Crippen molar-refractivity contribution in [3.05, 3.63) is 50.7 Å². The Morgan fingerprint density at radius 3 is 2.77 bits per heavy atom. The van der Waals surface area contributed by atoms with Crippen molar-refractivity contribution >= 4 is 5.91 Å².